The lowest BCUT2D eigenvalue weighted by Crippen LogP contribution is -2.11. The van der Waals surface area contributed by atoms with E-state index in [1.54, 1.807) is 0 Å². The van der Waals surface area contributed by atoms with Crippen LogP contribution in [0.15, 0.2) is 87.8 Å². The van der Waals surface area contributed by atoms with E-state index < -0.39 is 0 Å². The van der Waals surface area contributed by atoms with Crippen LogP contribution in [-0.4, -0.2) is 6.72 Å². The summed E-state index contributed by atoms with van der Waals surface area (Å²) in [7, 11) is 0. The molecule has 0 aliphatic heterocycles. The maximum Gasteiger partial charge on any atom is 0.0814 e. The van der Waals surface area contributed by atoms with E-state index in [0.717, 1.165) is 46.3 Å². The van der Waals surface area contributed by atoms with Crippen molar-refractivity contribution in [2.45, 2.75) is 32.1 Å². The molecule has 31 heavy (non-hydrogen) atoms. The Kier molecular flexibility index (Phi) is 6.70. The highest BCUT2D eigenvalue weighted by Gasteiger charge is 2.26. The minimum atomic E-state index is 0.243. The molecular formula is C28H25BrN2. The standard InChI is InChI=1S/C28H25BrN2/c1-3-6-20-9-15-24(16-10-20)31-18-17-22-19-27(21-11-13-23(29)14-12-21)25-7-4-5-8-26(25)28(22)30-2/h4-5,7-16,27,31H,2-3,6,19H2,1H3. The summed E-state index contributed by atoms with van der Waals surface area (Å²) >= 11 is 3.54. The molecule has 0 saturated carbocycles. The molecule has 0 aromatic heterocycles. The van der Waals surface area contributed by atoms with Gasteiger partial charge in [0, 0.05) is 33.3 Å². The lowest BCUT2D eigenvalue weighted by atomic mass is 9.78. The van der Waals surface area contributed by atoms with Crippen LogP contribution in [0.4, 0.5) is 5.69 Å². The summed E-state index contributed by atoms with van der Waals surface area (Å²) in [5.74, 6) is 3.58. The van der Waals surface area contributed by atoms with Gasteiger partial charge in [-0.1, -0.05) is 77.8 Å². The van der Waals surface area contributed by atoms with Crippen molar-refractivity contribution in [2.75, 3.05) is 5.32 Å². The molecule has 0 spiro atoms. The van der Waals surface area contributed by atoms with E-state index in [4.69, 9.17) is 0 Å². The van der Waals surface area contributed by atoms with Crippen LogP contribution in [0.2, 0.25) is 0 Å². The molecule has 1 atom stereocenters. The van der Waals surface area contributed by atoms with Gasteiger partial charge in [0.2, 0.25) is 0 Å². The van der Waals surface area contributed by atoms with Crippen molar-refractivity contribution in [1.82, 2.24) is 0 Å². The summed E-state index contributed by atoms with van der Waals surface area (Å²) in [6.45, 7) is 6.03. The molecule has 0 saturated heterocycles. The van der Waals surface area contributed by atoms with Crippen LogP contribution in [0.25, 0.3) is 5.70 Å². The Morgan fingerprint density at radius 3 is 2.48 bits per heavy atom. The summed E-state index contributed by atoms with van der Waals surface area (Å²) in [5.41, 5.74) is 7.91. The average Bonchev–Trinajstić information content (AvgIpc) is 2.80. The fourth-order valence-corrected chi connectivity index (χ4v) is 4.36. The zero-order chi connectivity index (χ0) is 21.6. The van der Waals surface area contributed by atoms with Gasteiger partial charge in [-0.2, -0.15) is 0 Å². The molecule has 1 aliphatic carbocycles. The number of fused-ring (bicyclic) bond motifs is 1. The number of hydrogen-bond donors (Lipinski definition) is 1. The van der Waals surface area contributed by atoms with E-state index in [9.17, 15) is 0 Å². The molecule has 3 aromatic carbocycles. The minimum Gasteiger partial charge on any atom is -0.315 e. The molecule has 0 radical (unpaired) electrons. The van der Waals surface area contributed by atoms with E-state index in [0.29, 0.717) is 0 Å². The van der Waals surface area contributed by atoms with Gasteiger partial charge in [-0.15, -0.1) is 0 Å². The van der Waals surface area contributed by atoms with Gasteiger partial charge in [0.1, 0.15) is 0 Å². The van der Waals surface area contributed by atoms with Crippen LogP contribution in [0, 0.1) is 12.0 Å². The van der Waals surface area contributed by atoms with Gasteiger partial charge < -0.3 is 5.32 Å². The lowest BCUT2D eigenvalue weighted by molar-refractivity contribution is 0.795. The zero-order valence-electron chi connectivity index (χ0n) is 17.7. The second kappa shape index (κ2) is 9.81. The predicted octanol–water partition coefficient (Wildman–Crippen LogP) is 7.42. The van der Waals surface area contributed by atoms with Crippen LogP contribution in [-0.2, 0) is 6.42 Å². The molecule has 0 heterocycles. The Bertz CT molecular complexity index is 1160. The number of anilines is 1. The van der Waals surface area contributed by atoms with E-state index in [1.165, 1.54) is 16.7 Å². The summed E-state index contributed by atoms with van der Waals surface area (Å²) < 4.78 is 1.08. The molecule has 3 heteroatoms. The maximum atomic E-state index is 4.36. The number of nitrogens with zero attached hydrogens (tertiary/aromatic N) is 1. The van der Waals surface area contributed by atoms with Crippen molar-refractivity contribution in [3.8, 4) is 12.0 Å². The summed E-state index contributed by atoms with van der Waals surface area (Å²) in [5, 5.41) is 3.23. The molecule has 0 amide bonds. The Balaban J connectivity index is 1.65. The molecule has 0 fully saturated rings. The maximum absolute atomic E-state index is 4.36. The van der Waals surface area contributed by atoms with Gasteiger partial charge in [0.15, 0.2) is 0 Å². The number of aryl methyl sites for hydroxylation is 1. The second-order valence-electron chi connectivity index (χ2n) is 7.70. The summed E-state index contributed by atoms with van der Waals surface area (Å²) in [6, 6.07) is 28.6. The molecular weight excluding hydrogens is 444 g/mol. The number of allylic oxidation sites excluding steroid dienone is 1. The van der Waals surface area contributed by atoms with Crippen LogP contribution in [0.5, 0.6) is 0 Å². The third-order valence-electron chi connectivity index (χ3n) is 5.63. The van der Waals surface area contributed by atoms with Gasteiger partial charge >= 0.3 is 0 Å². The quantitative estimate of drug-likeness (QED) is 0.235. The third-order valence-corrected chi connectivity index (χ3v) is 6.16. The molecule has 154 valence electrons. The number of nitrogens with one attached hydrogen (secondary N) is 1. The van der Waals surface area contributed by atoms with E-state index in [-0.39, 0.29) is 5.92 Å². The van der Waals surface area contributed by atoms with Crippen molar-refractivity contribution in [3.05, 3.63) is 105 Å². The highest BCUT2D eigenvalue weighted by Crippen LogP contribution is 2.42. The highest BCUT2D eigenvalue weighted by molar-refractivity contribution is 9.10. The number of hydrogen-bond acceptors (Lipinski definition) is 2. The number of aliphatic imine (C=N–C) groups is 1. The number of benzene rings is 3. The Morgan fingerprint density at radius 2 is 1.77 bits per heavy atom. The summed E-state index contributed by atoms with van der Waals surface area (Å²) in [6.07, 6.45) is 3.06. The van der Waals surface area contributed by atoms with Gasteiger partial charge in [0.05, 0.1) is 5.70 Å². The molecule has 4 rings (SSSR count). The minimum absolute atomic E-state index is 0.243. The number of halogens is 1. The topological polar surface area (TPSA) is 24.4 Å². The van der Waals surface area contributed by atoms with Crippen molar-refractivity contribution < 1.29 is 0 Å². The van der Waals surface area contributed by atoms with Gasteiger partial charge in [-0.05, 0) is 66.4 Å². The SMILES string of the molecule is C=NC1=C(C#CNc2ccc(CCC)cc2)CC(c2ccc(Br)cc2)c2ccccc21. The van der Waals surface area contributed by atoms with Crippen LogP contribution >= 0.6 is 15.9 Å². The molecule has 3 aromatic rings. The smallest absolute Gasteiger partial charge is 0.0814 e. The Morgan fingerprint density at radius 1 is 1.03 bits per heavy atom. The van der Waals surface area contributed by atoms with Crippen LogP contribution in [0.3, 0.4) is 0 Å². The predicted molar refractivity (Wildman–Crippen MR) is 135 cm³/mol. The Labute approximate surface area is 193 Å². The fourth-order valence-electron chi connectivity index (χ4n) is 4.10. The van der Waals surface area contributed by atoms with Gasteiger partial charge in [0.25, 0.3) is 0 Å². The van der Waals surface area contributed by atoms with Crippen LogP contribution < -0.4 is 5.32 Å². The van der Waals surface area contributed by atoms with Crippen molar-refractivity contribution in [1.29, 1.82) is 0 Å². The fraction of sp³-hybridized carbons (Fsp3) is 0.179. The third kappa shape index (κ3) is 4.81. The Hall–Kier alpha value is -3.09. The molecule has 1 aliphatic rings. The summed E-state index contributed by atoms with van der Waals surface area (Å²) in [4.78, 5) is 4.36. The first-order valence-corrected chi connectivity index (χ1v) is 11.4. The van der Waals surface area contributed by atoms with Crippen molar-refractivity contribution in [2.24, 2.45) is 4.99 Å². The molecule has 1 N–H and O–H groups in total. The van der Waals surface area contributed by atoms with E-state index >= 15 is 0 Å². The first kappa shape index (κ1) is 21.2. The second-order valence-corrected chi connectivity index (χ2v) is 8.62. The normalized spacial score (nSPS) is 15.0. The first-order chi connectivity index (χ1) is 15.2. The van der Waals surface area contributed by atoms with E-state index in [1.807, 2.05) is 0 Å². The molecule has 0 bridgehead atoms. The van der Waals surface area contributed by atoms with Crippen LogP contribution in [0.1, 0.15) is 47.9 Å². The molecule has 2 nitrogen and oxygen atoms in total. The monoisotopic (exact) mass is 468 g/mol. The highest BCUT2D eigenvalue weighted by atomic mass is 79.9. The average molecular weight is 469 g/mol. The van der Waals surface area contributed by atoms with Gasteiger partial charge in [-0.3, -0.25) is 4.99 Å². The van der Waals surface area contributed by atoms with Gasteiger partial charge in [-0.25, -0.2) is 0 Å². The lowest BCUT2D eigenvalue weighted by Gasteiger charge is -2.27. The van der Waals surface area contributed by atoms with E-state index in [2.05, 4.69) is 125 Å². The van der Waals surface area contributed by atoms with Crippen molar-refractivity contribution >= 4 is 34.0 Å². The molecule has 1 unspecified atom stereocenters. The van der Waals surface area contributed by atoms with Crippen molar-refractivity contribution in [3.63, 3.8) is 0 Å². The first-order valence-electron chi connectivity index (χ1n) is 10.6. The largest absolute Gasteiger partial charge is 0.315 e. The number of rotatable bonds is 5. The zero-order valence-corrected chi connectivity index (χ0v) is 19.2.